The second kappa shape index (κ2) is 9.24. The van der Waals surface area contributed by atoms with Gasteiger partial charge >= 0.3 is 0 Å². The summed E-state index contributed by atoms with van der Waals surface area (Å²) in [5.74, 6) is 2.13. The number of anilines is 2. The van der Waals surface area contributed by atoms with Gasteiger partial charge in [0.2, 0.25) is 0 Å². The SMILES string of the molecule is O=C(COc1ccc(Cl)cc1)NCCNc1cc(N2CCCC2)ncn1. The molecule has 1 fully saturated rings. The molecule has 1 saturated heterocycles. The van der Waals surface area contributed by atoms with Crippen LogP contribution in [-0.2, 0) is 4.79 Å². The topological polar surface area (TPSA) is 79.4 Å². The van der Waals surface area contributed by atoms with Gasteiger partial charge in [0.25, 0.3) is 5.91 Å². The van der Waals surface area contributed by atoms with Gasteiger partial charge in [0.1, 0.15) is 23.7 Å². The van der Waals surface area contributed by atoms with Gasteiger partial charge in [-0.15, -0.1) is 0 Å². The van der Waals surface area contributed by atoms with Crippen LogP contribution in [0.3, 0.4) is 0 Å². The van der Waals surface area contributed by atoms with Crippen molar-refractivity contribution in [1.29, 1.82) is 0 Å². The van der Waals surface area contributed by atoms with E-state index < -0.39 is 0 Å². The summed E-state index contributed by atoms with van der Waals surface area (Å²) >= 11 is 5.80. The number of rotatable bonds is 8. The molecule has 1 aliphatic rings. The minimum absolute atomic E-state index is 0.0335. The summed E-state index contributed by atoms with van der Waals surface area (Å²) in [7, 11) is 0. The number of carbonyl (C=O) groups excluding carboxylic acids is 1. The van der Waals surface area contributed by atoms with Gasteiger partial charge in [-0.1, -0.05) is 11.6 Å². The van der Waals surface area contributed by atoms with E-state index in [1.807, 2.05) is 6.07 Å². The molecule has 3 rings (SSSR count). The van der Waals surface area contributed by atoms with E-state index in [-0.39, 0.29) is 12.5 Å². The molecule has 1 aliphatic heterocycles. The molecule has 8 heteroatoms. The number of ether oxygens (including phenoxy) is 1. The molecule has 0 spiro atoms. The van der Waals surface area contributed by atoms with Crippen LogP contribution < -0.4 is 20.3 Å². The molecule has 0 bridgehead atoms. The summed E-state index contributed by atoms with van der Waals surface area (Å²) in [5, 5.41) is 6.62. The molecule has 1 amide bonds. The summed E-state index contributed by atoms with van der Waals surface area (Å²) in [4.78, 5) is 22.6. The maximum atomic E-state index is 11.8. The lowest BCUT2D eigenvalue weighted by Crippen LogP contribution is -2.32. The maximum absolute atomic E-state index is 11.8. The molecule has 0 radical (unpaired) electrons. The van der Waals surface area contributed by atoms with Gasteiger partial charge in [0, 0.05) is 37.3 Å². The van der Waals surface area contributed by atoms with Gasteiger partial charge in [0.05, 0.1) is 0 Å². The van der Waals surface area contributed by atoms with E-state index in [9.17, 15) is 4.79 Å². The molecule has 0 aliphatic carbocycles. The number of hydrogen-bond acceptors (Lipinski definition) is 6. The van der Waals surface area contributed by atoms with E-state index in [1.165, 1.54) is 12.8 Å². The van der Waals surface area contributed by atoms with E-state index in [0.29, 0.717) is 23.9 Å². The van der Waals surface area contributed by atoms with E-state index in [0.717, 1.165) is 24.7 Å². The zero-order valence-corrected chi connectivity index (χ0v) is 15.2. The van der Waals surface area contributed by atoms with Crippen molar-refractivity contribution in [2.45, 2.75) is 12.8 Å². The number of halogens is 1. The minimum atomic E-state index is -0.179. The van der Waals surface area contributed by atoms with Crippen molar-refractivity contribution in [2.24, 2.45) is 0 Å². The van der Waals surface area contributed by atoms with Crippen LogP contribution in [-0.4, -0.2) is 48.7 Å². The molecule has 138 valence electrons. The molecule has 1 aromatic heterocycles. The first-order valence-electron chi connectivity index (χ1n) is 8.66. The lowest BCUT2D eigenvalue weighted by Gasteiger charge is -2.16. The standard InChI is InChI=1S/C18H22ClN5O2/c19-14-3-5-15(6-4-14)26-12-18(25)21-8-7-20-16-11-17(23-13-22-16)24-9-1-2-10-24/h3-6,11,13H,1-2,7-10,12H2,(H,21,25)(H,20,22,23). The first-order valence-corrected chi connectivity index (χ1v) is 9.04. The molecule has 7 nitrogen and oxygen atoms in total. The Morgan fingerprint density at radius 2 is 1.92 bits per heavy atom. The van der Waals surface area contributed by atoms with Crippen LogP contribution in [0.1, 0.15) is 12.8 Å². The summed E-state index contributed by atoms with van der Waals surface area (Å²) in [6, 6.07) is 8.83. The van der Waals surface area contributed by atoms with Crippen LogP contribution in [0, 0.1) is 0 Å². The molecule has 2 heterocycles. The van der Waals surface area contributed by atoms with Crippen molar-refractivity contribution in [2.75, 3.05) is 43.0 Å². The zero-order valence-electron chi connectivity index (χ0n) is 14.4. The van der Waals surface area contributed by atoms with Gasteiger partial charge in [0.15, 0.2) is 6.61 Å². The van der Waals surface area contributed by atoms with Gasteiger partial charge in [-0.25, -0.2) is 9.97 Å². The van der Waals surface area contributed by atoms with Crippen LogP contribution >= 0.6 is 11.6 Å². The Hall–Kier alpha value is -2.54. The lowest BCUT2D eigenvalue weighted by molar-refractivity contribution is -0.123. The summed E-state index contributed by atoms with van der Waals surface area (Å²) in [6.07, 6.45) is 3.97. The Morgan fingerprint density at radius 3 is 2.69 bits per heavy atom. The fraction of sp³-hybridized carbons (Fsp3) is 0.389. The minimum Gasteiger partial charge on any atom is -0.484 e. The van der Waals surface area contributed by atoms with Gasteiger partial charge < -0.3 is 20.3 Å². The molecular formula is C18H22ClN5O2. The lowest BCUT2D eigenvalue weighted by atomic mass is 10.3. The fourth-order valence-electron chi connectivity index (χ4n) is 2.69. The Kier molecular flexibility index (Phi) is 6.49. The number of nitrogens with zero attached hydrogens (tertiary/aromatic N) is 3. The average Bonchev–Trinajstić information content (AvgIpc) is 3.20. The van der Waals surface area contributed by atoms with Crippen molar-refractivity contribution in [3.05, 3.63) is 41.7 Å². The molecule has 2 N–H and O–H groups in total. The van der Waals surface area contributed by atoms with Crippen molar-refractivity contribution < 1.29 is 9.53 Å². The Labute approximate surface area is 157 Å². The predicted molar refractivity (Wildman–Crippen MR) is 102 cm³/mol. The highest BCUT2D eigenvalue weighted by atomic mass is 35.5. The predicted octanol–water partition coefficient (Wildman–Crippen LogP) is 2.34. The van der Waals surface area contributed by atoms with Crippen LogP contribution in [0.15, 0.2) is 36.7 Å². The monoisotopic (exact) mass is 375 g/mol. The Bertz CT molecular complexity index is 720. The van der Waals surface area contributed by atoms with E-state index >= 15 is 0 Å². The molecule has 1 aromatic carbocycles. The zero-order chi connectivity index (χ0) is 18.2. The van der Waals surface area contributed by atoms with E-state index in [4.69, 9.17) is 16.3 Å². The van der Waals surface area contributed by atoms with E-state index in [1.54, 1.807) is 30.6 Å². The normalized spacial score (nSPS) is 13.5. The quantitative estimate of drug-likeness (QED) is 0.689. The van der Waals surface area contributed by atoms with Crippen molar-refractivity contribution >= 4 is 29.1 Å². The first-order chi connectivity index (χ1) is 12.7. The third-order valence-electron chi connectivity index (χ3n) is 4.02. The third kappa shape index (κ3) is 5.49. The highest BCUT2D eigenvalue weighted by Crippen LogP contribution is 2.19. The number of carbonyl (C=O) groups is 1. The number of nitrogens with one attached hydrogen (secondary N) is 2. The second-order valence-corrected chi connectivity index (χ2v) is 6.41. The van der Waals surface area contributed by atoms with Gasteiger partial charge in [-0.2, -0.15) is 0 Å². The number of aromatic nitrogens is 2. The van der Waals surface area contributed by atoms with Crippen LogP contribution in [0.25, 0.3) is 0 Å². The number of hydrogen-bond donors (Lipinski definition) is 2. The van der Waals surface area contributed by atoms with Gasteiger partial charge in [-0.05, 0) is 37.1 Å². The summed E-state index contributed by atoms with van der Waals surface area (Å²) in [5.41, 5.74) is 0. The Morgan fingerprint density at radius 1 is 1.15 bits per heavy atom. The molecule has 0 atom stereocenters. The highest BCUT2D eigenvalue weighted by molar-refractivity contribution is 6.30. The highest BCUT2D eigenvalue weighted by Gasteiger charge is 2.13. The van der Waals surface area contributed by atoms with Crippen LogP contribution in [0.5, 0.6) is 5.75 Å². The largest absolute Gasteiger partial charge is 0.484 e. The average molecular weight is 376 g/mol. The Balaban J connectivity index is 1.35. The molecule has 0 saturated carbocycles. The smallest absolute Gasteiger partial charge is 0.258 e. The molecule has 0 unspecified atom stereocenters. The molecule has 26 heavy (non-hydrogen) atoms. The fourth-order valence-corrected chi connectivity index (χ4v) is 2.81. The second-order valence-electron chi connectivity index (χ2n) is 5.97. The van der Waals surface area contributed by atoms with Crippen molar-refractivity contribution in [1.82, 2.24) is 15.3 Å². The van der Waals surface area contributed by atoms with Crippen LogP contribution in [0.4, 0.5) is 11.6 Å². The van der Waals surface area contributed by atoms with Crippen molar-refractivity contribution in [3.8, 4) is 5.75 Å². The molecular weight excluding hydrogens is 354 g/mol. The van der Waals surface area contributed by atoms with E-state index in [2.05, 4.69) is 25.5 Å². The van der Waals surface area contributed by atoms with Crippen molar-refractivity contribution in [3.63, 3.8) is 0 Å². The molecule has 2 aromatic rings. The summed E-state index contributed by atoms with van der Waals surface area (Å²) in [6.45, 7) is 3.10. The number of benzene rings is 1. The van der Waals surface area contributed by atoms with Gasteiger partial charge in [-0.3, -0.25) is 4.79 Å². The first kappa shape index (κ1) is 18.3. The van der Waals surface area contributed by atoms with Crippen LogP contribution in [0.2, 0.25) is 5.02 Å². The maximum Gasteiger partial charge on any atom is 0.258 e. The third-order valence-corrected chi connectivity index (χ3v) is 4.27. The number of amides is 1. The summed E-state index contributed by atoms with van der Waals surface area (Å²) < 4.78 is 5.39.